The molecule has 0 aromatic rings. The maximum Gasteiger partial charge on any atom is 0.155 e. The molecule has 12 heavy (non-hydrogen) atoms. The first-order chi connectivity index (χ1) is 5.79. The minimum absolute atomic E-state index is 0.243. The summed E-state index contributed by atoms with van der Waals surface area (Å²) in [6, 6.07) is 0. The van der Waals surface area contributed by atoms with E-state index < -0.39 is 0 Å². The third kappa shape index (κ3) is 1.33. The largest absolute Gasteiger partial charge is 0.295 e. The predicted molar refractivity (Wildman–Crippen MR) is 48.8 cm³/mol. The average Bonchev–Trinajstić information content (AvgIpc) is 2.64. The van der Waals surface area contributed by atoms with Crippen molar-refractivity contribution >= 4 is 5.78 Å². The Hall–Kier alpha value is -0.590. The van der Waals surface area contributed by atoms with Crippen molar-refractivity contribution in [2.75, 3.05) is 0 Å². The lowest BCUT2D eigenvalue weighted by atomic mass is 9.85. The zero-order valence-electron chi connectivity index (χ0n) is 7.46. The van der Waals surface area contributed by atoms with Crippen molar-refractivity contribution in [3.63, 3.8) is 0 Å². The maximum atomic E-state index is 11.1. The third-order valence-corrected chi connectivity index (χ3v) is 3.58. The monoisotopic (exact) mass is 164 g/mol. The first-order valence-electron chi connectivity index (χ1n) is 4.95. The van der Waals surface area contributed by atoms with Gasteiger partial charge >= 0.3 is 0 Å². The summed E-state index contributed by atoms with van der Waals surface area (Å²) in [5, 5.41) is 0. The molecule has 0 amide bonds. The number of ketones is 1. The van der Waals surface area contributed by atoms with Crippen LogP contribution in [0.3, 0.4) is 0 Å². The average molecular weight is 164 g/mol. The summed E-state index contributed by atoms with van der Waals surface area (Å²) in [7, 11) is 0. The number of rotatable bonds is 3. The molecular weight excluding hydrogens is 148 g/mol. The van der Waals surface area contributed by atoms with E-state index in [2.05, 4.69) is 6.58 Å². The molecule has 2 saturated carbocycles. The molecule has 0 heterocycles. The van der Waals surface area contributed by atoms with Gasteiger partial charge in [-0.2, -0.15) is 0 Å². The maximum absolute atomic E-state index is 11.1. The molecule has 0 N–H and O–H groups in total. The number of hydrogen-bond acceptors (Lipinski definition) is 1. The van der Waals surface area contributed by atoms with Crippen LogP contribution in [0.5, 0.6) is 0 Å². The van der Waals surface area contributed by atoms with Gasteiger partial charge in [0.15, 0.2) is 5.78 Å². The van der Waals surface area contributed by atoms with E-state index in [9.17, 15) is 4.79 Å². The summed E-state index contributed by atoms with van der Waals surface area (Å²) >= 11 is 0. The van der Waals surface area contributed by atoms with Crippen LogP contribution in [0.1, 0.15) is 32.1 Å². The van der Waals surface area contributed by atoms with Crippen LogP contribution in [0.4, 0.5) is 0 Å². The highest BCUT2D eigenvalue weighted by Gasteiger charge is 2.39. The molecule has 2 bridgehead atoms. The van der Waals surface area contributed by atoms with Gasteiger partial charge in [0.25, 0.3) is 0 Å². The quantitative estimate of drug-likeness (QED) is 0.586. The van der Waals surface area contributed by atoms with Gasteiger partial charge in [-0.05, 0) is 43.1 Å². The van der Waals surface area contributed by atoms with Crippen molar-refractivity contribution < 1.29 is 4.79 Å². The van der Waals surface area contributed by atoms with E-state index in [0.717, 1.165) is 18.3 Å². The van der Waals surface area contributed by atoms with Gasteiger partial charge < -0.3 is 0 Å². The second kappa shape index (κ2) is 3.04. The van der Waals surface area contributed by atoms with E-state index in [1.54, 1.807) is 0 Å². The van der Waals surface area contributed by atoms with Crippen molar-refractivity contribution in [3.05, 3.63) is 12.7 Å². The molecule has 1 heteroatoms. The Morgan fingerprint density at radius 2 is 2.25 bits per heavy atom. The van der Waals surface area contributed by atoms with Crippen molar-refractivity contribution in [2.24, 2.45) is 17.8 Å². The zero-order chi connectivity index (χ0) is 8.55. The summed E-state index contributed by atoms with van der Waals surface area (Å²) in [5.41, 5.74) is 0. The number of carbonyl (C=O) groups is 1. The zero-order valence-corrected chi connectivity index (χ0v) is 7.46. The second-order valence-electron chi connectivity index (χ2n) is 4.31. The highest BCUT2D eigenvalue weighted by Crippen LogP contribution is 2.49. The Labute approximate surface area is 73.8 Å². The van der Waals surface area contributed by atoms with Crippen molar-refractivity contribution in [1.82, 2.24) is 0 Å². The van der Waals surface area contributed by atoms with Gasteiger partial charge in [0, 0.05) is 6.42 Å². The molecule has 0 aromatic heterocycles. The van der Waals surface area contributed by atoms with Crippen LogP contribution in [0.25, 0.3) is 0 Å². The predicted octanol–water partition coefficient (Wildman–Crippen LogP) is 2.57. The molecule has 2 fully saturated rings. The standard InChI is InChI=1S/C11H16O/c1-2-11(12)7-10-6-8-3-4-9(10)5-8/h2,8-10H,1,3-7H2. The van der Waals surface area contributed by atoms with Crippen molar-refractivity contribution in [3.8, 4) is 0 Å². The second-order valence-corrected chi connectivity index (χ2v) is 4.31. The van der Waals surface area contributed by atoms with Crippen LogP contribution in [-0.4, -0.2) is 5.78 Å². The highest BCUT2D eigenvalue weighted by atomic mass is 16.1. The molecule has 2 aliphatic rings. The van der Waals surface area contributed by atoms with E-state index in [0.29, 0.717) is 5.92 Å². The Morgan fingerprint density at radius 1 is 1.42 bits per heavy atom. The van der Waals surface area contributed by atoms with Crippen molar-refractivity contribution in [2.45, 2.75) is 32.1 Å². The summed E-state index contributed by atoms with van der Waals surface area (Å²) in [6.45, 7) is 3.52. The molecule has 2 rings (SSSR count). The fourth-order valence-corrected chi connectivity index (χ4v) is 2.97. The molecule has 3 unspecified atom stereocenters. The smallest absolute Gasteiger partial charge is 0.155 e. The number of fused-ring (bicyclic) bond motifs is 2. The topological polar surface area (TPSA) is 17.1 Å². The number of allylic oxidation sites excluding steroid dienone is 1. The Balaban J connectivity index is 1.90. The lowest BCUT2D eigenvalue weighted by molar-refractivity contribution is -0.115. The summed E-state index contributed by atoms with van der Waals surface area (Å²) < 4.78 is 0. The molecular formula is C11H16O. The minimum Gasteiger partial charge on any atom is -0.295 e. The Bertz CT molecular complexity index is 207. The van der Waals surface area contributed by atoms with E-state index >= 15 is 0 Å². The lowest BCUT2D eigenvalue weighted by Gasteiger charge is -2.19. The lowest BCUT2D eigenvalue weighted by Crippen LogP contribution is -2.13. The van der Waals surface area contributed by atoms with Crippen LogP contribution < -0.4 is 0 Å². The molecule has 2 aliphatic carbocycles. The molecule has 0 aromatic carbocycles. The van der Waals surface area contributed by atoms with E-state index in [1.807, 2.05) is 0 Å². The number of carbonyl (C=O) groups excluding carboxylic acids is 1. The van der Waals surface area contributed by atoms with E-state index in [-0.39, 0.29) is 5.78 Å². The van der Waals surface area contributed by atoms with Crippen LogP contribution in [0.15, 0.2) is 12.7 Å². The molecule has 0 radical (unpaired) electrons. The SMILES string of the molecule is C=CC(=O)CC1CC2CCC1C2. The van der Waals surface area contributed by atoms with Gasteiger partial charge in [-0.3, -0.25) is 4.79 Å². The van der Waals surface area contributed by atoms with Crippen LogP contribution >= 0.6 is 0 Å². The normalized spacial score (nSPS) is 38.5. The van der Waals surface area contributed by atoms with E-state index in [1.165, 1.54) is 31.8 Å². The first kappa shape index (κ1) is 8.03. The van der Waals surface area contributed by atoms with Crippen LogP contribution in [-0.2, 0) is 4.79 Å². The third-order valence-electron chi connectivity index (χ3n) is 3.58. The summed E-state index contributed by atoms with van der Waals surface area (Å²) in [6.07, 6.45) is 7.75. The van der Waals surface area contributed by atoms with Gasteiger partial charge in [-0.1, -0.05) is 13.0 Å². The minimum atomic E-state index is 0.243. The van der Waals surface area contributed by atoms with Gasteiger partial charge in [0.2, 0.25) is 0 Å². The first-order valence-corrected chi connectivity index (χ1v) is 4.95. The molecule has 66 valence electrons. The van der Waals surface area contributed by atoms with Gasteiger partial charge in [0.05, 0.1) is 0 Å². The van der Waals surface area contributed by atoms with Gasteiger partial charge in [0.1, 0.15) is 0 Å². The number of hydrogen-bond donors (Lipinski definition) is 0. The summed E-state index contributed by atoms with van der Waals surface area (Å²) in [4.78, 5) is 11.1. The molecule has 0 spiro atoms. The van der Waals surface area contributed by atoms with Crippen molar-refractivity contribution in [1.29, 1.82) is 0 Å². The molecule has 0 saturated heterocycles. The van der Waals surface area contributed by atoms with Crippen LogP contribution in [0, 0.1) is 17.8 Å². The molecule has 0 aliphatic heterocycles. The Kier molecular flexibility index (Phi) is 2.03. The fraction of sp³-hybridized carbons (Fsp3) is 0.727. The van der Waals surface area contributed by atoms with Gasteiger partial charge in [-0.15, -0.1) is 0 Å². The Morgan fingerprint density at radius 3 is 2.75 bits per heavy atom. The molecule has 1 nitrogen and oxygen atoms in total. The fourth-order valence-electron chi connectivity index (χ4n) is 2.97. The summed E-state index contributed by atoms with van der Waals surface area (Å²) in [5.74, 6) is 2.78. The van der Waals surface area contributed by atoms with Gasteiger partial charge in [-0.25, -0.2) is 0 Å². The van der Waals surface area contributed by atoms with Crippen LogP contribution in [0.2, 0.25) is 0 Å². The van der Waals surface area contributed by atoms with E-state index in [4.69, 9.17) is 0 Å². The molecule has 3 atom stereocenters. The highest BCUT2D eigenvalue weighted by molar-refractivity contribution is 5.89.